The summed E-state index contributed by atoms with van der Waals surface area (Å²) in [6, 6.07) is 10.9. The molecule has 0 aliphatic carbocycles. The van der Waals surface area contributed by atoms with Crippen molar-refractivity contribution in [2.75, 3.05) is 51.3 Å². The van der Waals surface area contributed by atoms with Gasteiger partial charge in [-0.2, -0.15) is 0 Å². The topological polar surface area (TPSA) is 93.2 Å². The van der Waals surface area contributed by atoms with Crippen LogP contribution in [0.25, 0.3) is 0 Å². The van der Waals surface area contributed by atoms with E-state index < -0.39 is 0 Å². The fraction of sp³-hybridized carbons (Fsp3) is 0.458. The zero-order valence-electron chi connectivity index (χ0n) is 19.0. The standard InChI is InChI=1S/C24H30N4O5/c1-17-14-28(15-18(2)33-17)22(29)16-27-10-11-31-12-13-32-21-8-4-3-7-20(21)26-23-19(24(27)30)6-5-9-25-23/h3-9,17-18H,10-16H2,1-2H3,(H,25,26). The Morgan fingerprint density at radius 3 is 2.70 bits per heavy atom. The van der Waals surface area contributed by atoms with E-state index in [9.17, 15) is 9.59 Å². The number of anilines is 2. The van der Waals surface area contributed by atoms with E-state index in [1.807, 2.05) is 38.1 Å². The summed E-state index contributed by atoms with van der Waals surface area (Å²) in [4.78, 5) is 34.3. The number of carbonyl (C=O) groups is 2. The number of rotatable bonds is 2. The van der Waals surface area contributed by atoms with Gasteiger partial charge in [0.05, 0.1) is 36.7 Å². The number of nitrogens with one attached hydrogen (secondary N) is 1. The van der Waals surface area contributed by atoms with E-state index in [1.165, 1.54) is 4.90 Å². The van der Waals surface area contributed by atoms with Gasteiger partial charge in [-0.1, -0.05) is 12.1 Å². The highest BCUT2D eigenvalue weighted by Gasteiger charge is 2.29. The number of hydrogen-bond donors (Lipinski definition) is 1. The molecule has 1 aromatic heterocycles. The van der Waals surface area contributed by atoms with Crippen LogP contribution < -0.4 is 10.1 Å². The number of amides is 2. The second-order valence-corrected chi connectivity index (χ2v) is 8.26. The molecule has 1 fully saturated rings. The van der Waals surface area contributed by atoms with Crippen LogP contribution in [0.4, 0.5) is 11.5 Å². The third-order valence-electron chi connectivity index (χ3n) is 5.55. The fourth-order valence-electron chi connectivity index (χ4n) is 4.06. The predicted molar refractivity (Wildman–Crippen MR) is 123 cm³/mol. The van der Waals surface area contributed by atoms with Crippen molar-refractivity contribution >= 4 is 23.3 Å². The molecule has 176 valence electrons. The molecule has 2 aliphatic heterocycles. The van der Waals surface area contributed by atoms with Gasteiger partial charge in [-0.3, -0.25) is 9.59 Å². The van der Waals surface area contributed by atoms with Gasteiger partial charge in [-0.15, -0.1) is 0 Å². The van der Waals surface area contributed by atoms with Crippen LogP contribution in [0, 0.1) is 0 Å². The lowest BCUT2D eigenvalue weighted by Gasteiger charge is -2.36. The first kappa shape index (κ1) is 23.0. The number of pyridine rings is 1. The third-order valence-corrected chi connectivity index (χ3v) is 5.55. The number of benzene rings is 1. The molecule has 0 saturated carbocycles. The van der Waals surface area contributed by atoms with Crippen molar-refractivity contribution in [1.29, 1.82) is 0 Å². The van der Waals surface area contributed by atoms with E-state index in [0.717, 1.165) is 0 Å². The molecule has 1 N–H and O–H groups in total. The Morgan fingerprint density at radius 2 is 1.88 bits per heavy atom. The Labute approximate surface area is 193 Å². The van der Waals surface area contributed by atoms with Crippen LogP contribution in [0.5, 0.6) is 5.75 Å². The van der Waals surface area contributed by atoms with Gasteiger partial charge >= 0.3 is 0 Å². The molecule has 2 atom stereocenters. The van der Waals surface area contributed by atoms with Crippen molar-refractivity contribution in [2.45, 2.75) is 26.1 Å². The average Bonchev–Trinajstić information content (AvgIpc) is 2.81. The number of fused-ring (bicyclic) bond motifs is 2. The van der Waals surface area contributed by atoms with E-state index in [1.54, 1.807) is 23.2 Å². The number of ether oxygens (including phenoxy) is 3. The SMILES string of the molecule is CC1CN(C(=O)CN2CCOCCOc3ccccc3Nc3ncccc3C2=O)CC(C)O1. The molecule has 0 spiro atoms. The number of morpholine rings is 1. The minimum Gasteiger partial charge on any atom is -0.489 e. The van der Waals surface area contributed by atoms with Crippen molar-refractivity contribution in [1.82, 2.24) is 14.8 Å². The summed E-state index contributed by atoms with van der Waals surface area (Å²) in [5.41, 5.74) is 1.08. The van der Waals surface area contributed by atoms with Gasteiger partial charge in [0.1, 0.15) is 24.7 Å². The van der Waals surface area contributed by atoms with E-state index in [-0.39, 0.29) is 37.1 Å². The van der Waals surface area contributed by atoms with Gasteiger partial charge in [-0.05, 0) is 38.1 Å². The van der Waals surface area contributed by atoms with Gasteiger partial charge in [-0.25, -0.2) is 4.98 Å². The van der Waals surface area contributed by atoms with Gasteiger partial charge in [0.2, 0.25) is 5.91 Å². The zero-order valence-corrected chi connectivity index (χ0v) is 19.0. The van der Waals surface area contributed by atoms with E-state index in [0.29, 0.717) is 55.7 Å². The average molecular weight is 455 g/mol. The van der Waals surface area contributed by atoms with Crippen LogP contribution in [0.1, 0.15) is 24.2 Å². The highest BCUT2D eigenvalue weighted by molar-refractivity contribution is 6.01. The van der Waals surface area contributed by atoms with Crippen molar-refractivity contribution in [3.8, 4) is 5.75 Å². The Bertz CT molecular complexity index is 975. The van der Waals surface area contributed by atoms with Crippen molar-refractivity contribution in [2.24, 2.45) is 0 Å². The minimum atomic E-state index is -0.283. The second kappa shape index (κ2) is 10.6. The number of hydrogen-bond acceptors (Lipinski definition) is 7. The van der Waals surface area contributed by atoms with Crippen molar-refractivity contribution < 1.29 is 23.8 Å². The van der Waals surface area contributed by atoms with Crippen LogP contribution in [0.15, 0.2) is 42.6 Å². The molecule has 0 bridgehead atoms. The number of para-hydroxylation sites is 2. The lowest BCUT2D eigenvalue weighted by Crippen LogP contribution is -2.52. The predicted octanol–water partition coefficient (Wildman–Crippen LogP) is 2.31. The summed E-state index contributed by atoms with van der Waals surface area (Å²) < 4.78 is 17.3. The van der Waals surface area contributed by atoms with Gasteiger partial charge < -0.3 is 29.3 Å². The molecule has 2 aromatic rings. The Morgan fingerprint density at radius 1 is 1.09 bits per heavy atom. The first-order valence-corrected chi connectivity index (χ1v) is 11.3. The van der Waals surface area contributed by atoms with Crippen LogP contribution in [0.3, 0.4) is 0 Å². The normalized spacial score (nSPS) is 21.9. The molecule has 1 saturated heterocycles. The summed E-state index contributed by atoms with van der Waals surface area (Å²) in [6.07, 6.45) is 1.54. The van der Waals surface area contributed by atoms with Gasteiger partial charge in [0, 0.05) is 25.8 Å². The van der Waals surface area contributed by atoms with Crippen molar-refractivity contribution in [3.05, 3.63) is 48.2 Å². The summed E-state index contributed by atoms with van der Waals surface area (Å²) in [5.74, 6) is 0.660. The Balaban J connectivity index is 1.59. The maximum atomic E-state index is 13.6. The molecule has 1 aromatic carbocycles. The van der Waals surface area contributed by atoms with E-state index >= 15 is 0 Å². The molecule has 9 heteroatoms. The number of nitrogens with zero attached hydrogens (tertiary/aromatic N) is 3. The zero-order chi connectivity index (χ0) is 23.2. The molecule has 9 nitrogen and oxygen atoms in total. The summed E-state index contributed by atoms with van der Waals surface area (Å²) in [5, 5.41) is 3.22. The molecule has 4 rings (SSSR count). The molecular formula is C24H30N4O5. The van der Waals surface area contributed by atoms with Gasteiger partial charge in [0.15, 0.2) is 0 Å². The second-order valence-electron chi connectivity index (χ2n) is 8.26. The molecule has 2 unspecified atom stereocenters. The van der Waals surface area contributed by atoms with Crippen LogP contribution in [0.2, 0.25) is 0 Å². The maximum Gasteiger partial charge on any atom is 0.258 e. The lowest BCUT2D eigenvalue weighted by molar-refractivity contribution is -0.143. The molecule has 33 heavy (non-hydrogen) atoms. The first-order valence-electron chi connectivity index (χ1n) is 11.3. The van der Waals surface area contributed by atoms with Crippen LogP contribution in [-0.4, -0.2) is 84.8 Å². The molecule has 0 radical (unpaired) electrons. The van der Waals surface area contributed by atoms with E-state index in [4.69, 9.17) is 14.2 Å². The Hall–Kier alpha value is -3.17. The quantitative estimate of drug-likeness (QED) is 0.744. The Kier molecular flexibility index (Phi) is 7.41. The molecule has 2 aliphatic rings. The van der Waals surface area contributed by atoms with E-state index in [2.05, 4.69) is 10.3 Å². The molecular weight excluding hydrogens is 424 g/mol. The monoisotopic (exact) mass is 454 g/mol. The number of carbonyl (C=O) groups excluding carboxylic acids is 2. The largest absolute Gasteiger partial charge is 0.489 e. The van der Waals surface area contributed by atoms with Crippen LogP contribution >= 0.6 is 0 Å². The lowest BCUT2D eigenvalue weighted by atomic mass is 10.2. The highest BCUT2D eigenvalue weighted by Crippen LogP contribution is 2.28. The summed E-state index contributed by atoms with van der Waals surface area (Å²) in [7, 11) is 0. The minimum absolute atomic E-state index is 0.0386. The van der Waals surface area contributed by atoms with Crippen molar-refractivity contribution in [3.63, 3.8) is 0 Å². The van der Waals surface area contributed by atoms with Crippen LogP contribution in [-0.2, 0) is 14.3 Å². The number of aromatic nitrogens is 1. The summed E-state index contributed by atoms with van der Waals surface area (Å²) >= 11 is 0. The highest BCUT2D eigenvalue weighted by atomic mass is 16.5. The molecule has 2 amide bonds. The summed E-state index contributed by atoms with van der Waals surface area (Å²) in [6.45, 7) is 6.18. The smallest absolute Gasteiger partial charge is 0.258 e. The third kappa shape index (κ3) is 5.80. The maximum absolute atomic E-state index is 13.6. The van der Waals surface area contributed by atoms with Gasteiger partial charge in [0.25, 0.3) is 5.91 Å². The molecule has 3 heterocycles. The first-order chi connectivity index (χ1) is 16.0. The fourth-order valence-corrected chi connectivity index (χ4v) is 4.06.